The third-order valence-electron chi connectivity index (χ3n) is 1.90. The Bertz CT molecular complexity index is 280. The van der Waals surface area contributed by atoms with Gasteiger partial charge in [-0.25, -0.2) is 0 Å². The zero-order valence-electron chi connectivity index (χ0n) is 9.13. The predicted octanol–water partition coefficient (Wildman–Crippen LogP) is 2.85. The summed E-state index contributed by atoms with van der Waals surface area (Å²) >= 11 is 0. The highest BCUT2D eigenvalue weighted by atomic mass is 14.9. The smallest absolute Gasteiger partial charge is 0.0897 e. The fraction of sp³-hybridized carbons (Fsp3) is 0.636. The maximum absolute atomic E-state index is 4.48. The highest BCUT2D eigenvalue weighted by molar-refractivity contribution is 5.77. The molecule has 0 saturated heterocycles. The molecule has 1 aliphatic rings. The fourth-order valence-corrected chi connectivity index (χ4v) is 1.24. The molecule has 1 aliphatic heterocycles. The minimum absolute atomic E-state index is 0.0130. The fourth-order valence-electron chi connectivity index (χ4n) is 1.24. The molecule has 1 heterocycles. The monoisotopic (exact) mass is 178 g/mol. The first-order valence-corrected chi connectivity index (χ1v) is 4.62. The summed E-state index contributed by atoms with van der Waals surface area (Å²) in [6.45, 7) is 10.4. The molecule has 13 heavy (non-hydrogen) atoms. The van der Waals surface area contributed by atoms with Crippen LogP contribution in [0.3, 0.4) is 0 Å². The molecule has 0 atom stereocenters. The van der Waals surface area contributed by atoms with Gasteiger partial charge in [0.15, 0.2) is 0 Å². The highest BCUT2D eigenvalue weighted by Crippen LogP contribution is 2.21. The Balaban J connectivity index is 3.10. The van der Waals surface area contributed by atoms with E-state index in [9.17, 15) is 0 Å². The first-order chi connectivity index (χ1) is 5.81. The molecule has 0 spiro atoms. The molecule has 72 valence electrons. The first-order valence-electron chi connectivity index (χ1n) is 4.62. The lowest BCUT2D eigenvalue weighted by Crippen LogP contribution is -2.23. The van der Waals surface area contributed by atoms with E-state index in [4.69, 9.17) is 0 Å². The van der Waals surface area contributed by atoms with E-state index in [-0.39, 0.29) is 11.0 Å². The average Bonchev–Trinajstić information content (AvgIpc) is 1.96. The third-order valence-corrected chi connectivity index (χ3v) is 1.90. The summed E-state index contributed by atoms with van der Waals surface area (Å²) in [5, 5.41) is 0. The van der Waals surface area contributed by atoms with Gasteiger partial charge in [-0.05, 0) is 20.8 Å². The molecule has 2 heteroatoms. The van der Waals surface area contributed by atoms with Crippen molar-refractivity contribution in [3.8, 4) is 0 Å². The molecular weight excluding hydrogens is 160 g/mol. The van der Waals surface area contributed by atoms with Crippen molar-refractivity contribution >= 4 is 12.4 Å². The van der Waals surface area contributed by atoms with Gasteiger partial charge in [0.05, 0.1) is 5.54 Å². The Kier molecular flexibility index (Phi) is 2.42. The van der Waals surface area contributed by atoms with E-state index in [0.717, 1.165) is 5.70 Å². The van der Waals surface area contributed by atoms with E-state index < -0.39 is 0 Å². The van der Waals surface area contributed by atoms with Crippen LogP contribution in [0.1, 0.15) is 34.6 Å². The molecule has 0 aromatic heterocycles. The topological polar surface area (TPSA) is 24.7 Å². The summed E-state index contributed by atoms with van der Waals surface area (Å²) in [5.41, 5.74) is 0.899. The molecule has 2 nitrogen and oxygen atoms in total. The standard InChI is InChI=1S/C11H18N2/c1-9-6-10(2,3)7-13-11(4,5)8-12-9/h6-8H,1-5H3. The van der Waals surface area contributed by atoms with Crippen LogP contribution in [0.4, 0.5) is 0 Å². The number of nitrogens with zero attached hydrogens (tertiary/aromatic N) is 2. The summed E-state index contributed by atoms with van der Waals surface area (Å²) in [6, 6.07) is 0. The maximum atomic E-state index is 4.48. The molecule has 0 saturated carbocycles. The normalized spacial score (nSPS) is 24.8. The molecule has 0 amide bonds. The van der Waals surface area contributed by atoms with E-state index in [1.807, 2.05) is 19.4 Å². The molecule has 0 aromatic rings. The lowest BCUT2D eigenvalue weighted by atomic mass is 9.93. The van der Waals surface area contributed by atoms with Crippen molar-refractivity contribution in [2.45, 2.75) is 40.2 Å². The van der Waals surface area contributed by atoms with Crippen molar-refractivity contribution < 1.29 is 0 Å². The van der Waals surface area contributed by atoms with Crippen LogP contribution in [-0.2, 0) is 0 Å². The quantitative estimate of drug-likeness (QED) is 0.545. The van der Waals surface area contributed by atoms with Crippen molar-refractivity contribution in [2.75, 3.05) is 0 Å². The van der Waals surface area contributed by atoms with Gasteiger partial charge in [-0.1, -0.05) is 19.9 Å². The van der Waals surface area contributed by atoms with Gasteiger partial charge in [-0.2, -0.15) is 0 Å². The van der Waals surface area contributed by atoms with Gasteiger partial charge in [-0.3, -0.25) is 9.98 Å². The van der Waals surface area contributed by atoms with Crippen LogP contribution in [0.25, 0.3) is 0 Å². The number of hydrogen-bond donors (Lipinski definition) is 0. The zero-order chi connectivity index (χ0) is 10.1. The van der Waals surface area contributed by atoms with E-state index in [0.29, 0.717) is 0 Å². The van der Waals surface area contributed by atoms with Crippen LogP contribution in [0.2, 0.25) is 0 Å². The molecule has 0 aliphatic carbocycles. The Morgan fingerprint density at radius 3 is 2.31 bits per heavy atom. The van der Waals surface area contributed by atoms with Crippen LogP contribution in [0.5, 0.6) is 0 Å². The molecule has 0 aromatic carbocycles. The maximum Gasteiger partial charge on any atom is 0.0897 e. The number of allylic oxidation sites excluding steroid dienone is 2. The van der Waals surface area contributed by atoms with Crippen molar-refractivity contribution in [2.24, 2.45) is 15.4 Å². The Morgan fingerprint density at radius 2 is 1.69 bits per heavy atom. The molecule has 1 rings (SSSR count). The second-order valence-corrected chi connectivity index (χ2v) is 4.78. The summed E-state index contributed by atoms with van der Waals surface area (Å²) in [5.74, 6) is 0. The number of rotatable bonds is 0. The number of aliphatic imine (C=N–C) groups is 2. The molecular formula is C11H18N2. The molecule has 0 unspecified atom stereocenters. The second kappa shape index (κ2) is 3.09. The average molecular weight is 178 g/mol. The van der Waals surface area contributed by atoms with E-state index in [1.54, 1.807) is 0 Å². The second-order valence-electron chi connectivity index (χ2n) is 4.78. The van der Waals surface area contributed by atoms with Crippen LogP contribution in [0, 0.1) is 5.41 Å². The van der Waals surface area contributed by atoms with Crippen LogP contribution < -0.4 is 0 Å². The minimum Gasteiger partial charge on any atom is -0.285 e. The van der Waals surface area contributed by atoms with Crippen LogP contribution >= 0.6 is 0 Å². The van der Waals surface area contributed by atoms with E-state index in [2.05, 4.69) is 43.8 Å². The van der Waals surface area contributed by atoms with Gasteiger partial charge in [0, 0.05) is 23.5 Å². The van der Waals surface area contributed by atoms with E-state index >= 15 is 0 Å². The molecule has 0 fully saturated rings. The highest BCUT2D eigenvalue weighted by Gasteiger charge is 2.18. The zero-order valence-corrected chi connectivity index (χ0v) is 9.13. The van der Waals surface area contributed by atoms with Crippen molar-refractivity contribution in [3.63, 3.8) is 0 Å². The van der Waals surface area contributed by atoms with Gasteiger partial charge >= 0.3 is 0 Å². The van der Waals surface area contributed by atoms with Gasteiger partial charge in [0.2, 0.25) is 0 Å². The van der Waals surface area contributed by atoms with Gasteiger partial charge in [-0.15, -0.1) is 0 Å². The lowest BCUT2D eigenvalue weighted by molar-refractivity contribution is 0.646. The van der Waals surface area contributed by atoms with Crippen LogP contribution in [0.15, 0.2) is 21.8 Å². The Hall–Kier alpha value is -0.920. The van der Waals surface area contributed by atoms with Crippen molar-refractivity contribution in [3.05, 3.63) is 11.8 Å². The molecule has 0 bridgehead atoms. The first kappa shape index (κ1) is 10.2. The van der Waals surface area contributed by atoms with Gasteiger partial charge in [0.1, 0.15) is 0 Å². The molecule has 0 radical (unpaired) electrons. The predicted molar refractivity (Wildman–Crippen MR) is 58.6 cm³/mol. The molecule has 0 N–H and O–H groups in total. The minimum atomic E-state index is -0.174. The summed E-state index contributed by atoms with van der Waals surface area (Å²) in [6.07, 6.45) is 6.02. The van der Waals surface area contributed by atoms with Crippen molar-refractivity contribution in [1.29, 1.82) is 0 Å². The lowest BCUT2D eigenvalue weighted by Gasteiger charge is -2.21. The number of hydrogen-bond acceptors (Lipinski definition) is 2. The van der Waals surface area contributed by atoms with Gasteiger partial charge in [0.25, 0.3) is 0 Å². The Labute approximate surface area is 80.5 Å². The van der Waals surface area contributed by atoms with Crippen LogP contribution in [-0.4, -0.2) is 18.0 Å². The van der Waals surface area contributed by atoms with E-state index in [1.165, 1.54) is 0 Å². The van der Waals surface area contributed by atoms with Crippen molar-refractivity contribution in [1.82, 2.24) is 0 Å². The Morgan fingerprint density at radius 1 is 1.08 bits per heavy atom. The summed E-state index contributed by atoms with van der Waals surface area (Å²) in [4.78, 5) is 8.84. The van der Waals surface area contributed by atoms with Gasteiger partial charge < -0.3 is 0 Å². The SMILES string of the molecule is CC1=CC(C)(C)C=NC(C)(C)C=N1. The third kappa shape index (κ3) is 3.13. The summed E-state index contributed by atoms with van der Waals surface area (Å²) < 4.78 is 0. The summed E-state index contributed by atoms with van der Waals surface area (Å²) in [7, 11) is 0. The largest absolute Gasteiger partial charge is 0.285 e.